The molecule has 0 aromatic heterocycles. The van der Waals surface area contributed by atoms with Gasteiger partial charge in [0.2, 0.25) is 0 Å². The van der Waals surface area contributed by atoms with Gasteiger partial charge in [0.15, 0.2) is 0 Å². The lowest BCUT2D eigenvalue weighted by molar-refractivity contribution is 0.0615. The summed E-state index contributed by atoms with van der Waals surface area (Å²) in [6.07, 6.45) is 3.90. The topological polar surface area (TPSA) is 20.2 Å². The highest BCUT2D eigenvalue weighted by Gasteiger charge is 2.36. The lowest BCUT2D eigenvalue weighted by Crippen LogP contribution is -2.31. The SMILES string of the molecule is CCc1ccc(C2(O)CCCc3ccc(Br)cc32)cc1. The Morgan fingerprint density at radius 1 is 1.15 bits per heavy atom. The molecule has 1 nitrogen and oxygen atoms in total. The molecule has 0 spiro atoms. The Bertz CT molecular complexity index is 618. The first-order valence-corrected chi connectivity index (χ1v) is 8.03. The predicted molar refractivity (Wildman–Crippen MR) is 85.9 cm³/mol. The molecule has 1 aliphatic rings. The van der Waals surface area contributed by atoms with E-state index in [1.165, 1.54) is 11.1 Å². The van der Waals surface area contributed by atoms with Crippen LogP contribution in [-0.4, -0.2) is 5.11 Å². The van der Waals surface area contributed by atoms with E-state index in [9.17, 15) is 5.11 Å². The third-order valence-electron chi connectivity index (χ3n) is 4.34. The molecule has 1 N–H and O–H groups in total. The minimum atomic E-state index is -0.844. The summed E-state index contributed by atoms with van der Waals surface area (Å²) in [6, 6.07) is 14.7. The van der Waals surface area contributed by atoms with Crippen molar-refractivity contribution < 1.29 is 5.11 Å². The Morgan fingerprint density at radius 3 is 2.60 bits per heavy atom. The Balaban J connectivity index is 2.10. The standard InChI is InChI=1S/C18H19BrO/c1-2-13-5-8-15(9-6-13)18(20)11-3-4-14-7-10-16(19)12-17(14)18/h5-10,12,20H,2-4,11H2,1H3. The van der Waals surface area contributed by atoms with Crippen LogP contribution in [0.15, 0.2) is 46.9 Å². The normalized spacial score (nSPS) is 21.6. The van der Waals surface area contributed by atoms with Crippen LogP contribution >= 0.6 is 15.9 Å². The van der Waals surface area contributed by atoms with Gasteiger partial charge in [0.1, 0.15) is 5.60 Å². The average Bonchev–Trinajstić information content (AvgIpc) is 2.48. The molecule has 0 saturated heterocycles. The van der Waals surface area contributed by atoms with E-state index in [2.05, 4.69) is 65.3 Å². The molecule has 0 aliphatic heterocycles. The summed E-state index contributed by atoms with van der Waals surface area (Å²) in [7, 11) is 0. The first-order chi connectivity index (χ1) is 9.63. The largest absolute Gasteiger partial charge is 0.380 e. The lowest BCUT2D eigenvalue weighted by Gasteiger charge is -2.35. The highest BCUT2D eigenvalue weighted by molar-refractivity contribution is 9.10. The molecule has 0 fully saturated rings. The van der Waals surface area contributed by atoms with E-state index in [1.54, 1.807) is 0 Å². The van der Waals surface area contributed by atoms with E-state index in [4.69, 9.17) is 0 Å². The van der Waals surface area contributed by atoms with Gasteiger partial charge in [0.05, 0.1) is 0 Å². The molecule has 2 aromatic rings. The number of rotatable bonds is 2. The van der Waals surface area contributed by atoms with Crippen LogP contribution in [0.4, 0.5) is 0 Å². The summed E-state index contributed by atoms with van der Waals surface area (Å²) in [5.41, 5.74) is 3.80. The molecular formula is C18H19BrO. The highest BCUT2D eigenvalue weighted by atomic mass is 79.9. The summed E-state index contributed by atoms with van der Waals surface area (Å²) < 4.78 is 1.03. The van der Waals surface area contributed by atoms with E-state index >= 15 is 0 Å². The first-order valence-electron chi connectivity index (χ1n) is 7.24. The summed E-state index contributed by atoms with van der Waals surface area (Å²) >= 11 is 3.53. The zero-order valence-corrected chi connectivity index (χ0v) is 13.3. The van der Waals surface area contributed by atoms with Crippen molar-refractivity contribution in [1.29, 1.82) is 0 Å². The molecule has 2 heteroatoms. The average molecular weight is 331 g/mol. The van der Waals surface area contributed by atoms with Crippen molar-refractivity contribution in [2.24, 2.45) is 0 Å². The van der Waals surface area contributed by atoms with Crippen LogP contribution in [0.3, 0.4) is 0 Å². The number of hydrogen-bond donors (Lipinski definition) is 1. The maximum atomic E-state index is 11.3. The van der Waals surface area contributed by atoms with Gasteiger partial charge in [0, 0.05) is 4.47 Å². The van der Waals surface area contributed by atoms with Gasteiger partial charge in [0.25, 0.3) is 0 Å². The lowest BCUT2D eigenvalue weighted by atomic mass is 9.75. The fourth-order valence-corrected chi connectivity index (χ4v) is 3.50. The van der Waals surface area contributed by atoms with Crippen molar-refractivity contribution in [1.82, 2.24) is 0 Å². The van der Waals surface area contributed by atoms with E-state index in [1.807, 2.05) is 0 Å². The molecule has 2 aromatic carbocycles. The molecule has 0 radical (unpaired) electrons. The Labute approximate surface area is 128 Å². The molecule has 0 amide bonds. The van der Waals surface area contributed by atoms with Gasteiger partial charge < -0.3 is 5.11 Å². The summed E-state index contributed by atoms with van der Waals surface area (Å²) in [5, 5.41) is 11.3. The van der Waals surface area contributed by atoms with E-state index in [-0.39, 0.29) is 0 Å². The number of fused-ring (bicyclic) bond motifs is 1. The second-order valence-electron chi connectivity index (χ2n) is 5.57. The highest BCUT2D eigenvalue weighted by Crippen LogP contribution is 2.41. The van der Waals surface area contributed by atoms with Crippen LogP contribution < -0.4 is 0 Å². The predicted octanol–water partition coefficient (Wildman–Crippen LogP) is 4.58. The molecule has 3 rings (SSSR count). The molecule has 104 valence electrons. The second kappa shape index (κ2) is 5.34. The zero-order chi connectivity index (χ0) is 14.2. The first kappa shape index (κ1) is 13.8. The van der Waals surface area contributed by atoms with Crippen molar-refractivity contribution in [3.05, 3.63) is 69.2 Å². The molecule has 1 aliphatic carbocycles. The van der Waals surface area contributed by atoms with Gasteiger partial charge >= 0.3 is 0 Å². The second-order valence-corrected chi connectivity index (χ2v) is 6.48. The number of aryl methyl sites for hydroxylation is 2. The van der Waals surface area contributed by atoms with Crippen LogP contribution in [0.5, 0.6) is 0 Å². The Kier molecular flexibility index (Phi) is 3.70. The van der Waals surface area contributed by atoms with Crippen LogP contribution in [-0.2, 0) is 18.4 Å². The fourth-order valence-electron chi connectivity index (χ4n) is 3.14. The molecule has 20 heavy (non-hydrogen) atoms. The number of aliphatic hydroxyl groups is 1. The molecule has 0 bridgehead atoms. The van der Waals surface area contributed by atoms with Crippen molar-refractivity contribution >= 4 is 15.9 Å². The smallest absolute Gasteiger partial charge is 0.115 e. The van der Waals surface area contributed by atoms with Gasteiger partial charge in [-0.3, -0.25) is 0 Å². The molecule has 1 unspecified atom stereocenters. The van der Waals surface area contributed by atoms with Gasteiger partial charge in [-0.15, -0.1) is 0 Å². The minimum Gasteiger partial charge on any atom is -0.380 e. The fraction of sp³-hybridized carbons (Fsp3) is 0.333. The van der Waals surface area contributed by atoms with Gasteiger partial charge in [-0.25, -0.2) is 0 Å². The van der Waals surface area contributed by atoms with E-state index in [0.29, 0.717) is 0 Å². The molecule has 0 saturated carbocycles. The van der Waals surface area contributed by atoms with Crippen molar-refractivity contribution in [2.45, 2.75) is 38.2 Å². The molecular weight excluding hydrogens is 312 g/mol. The summed E-state index contributed by atoms with van der Waals surface area (Å²) in [4.78, 5) is 0. The van der Waals surface area contributed by atoms with Gasteiger partial charge in [-0.1, -0.05) is 53.2 Å². The summed E-state index contributed by atoms with van der Waals surface area (Å²) in [6.45, 7) is 2.15. The summed E-state index contributed by atoms with van der Waals surface area (Å²) in [5.74, 6) is 0. The maximum Gasteiger partial charge on any atom is 0.115 e. The minimum absolute atomic E-state index is 0.794. The van der Waals surface area contributed by atoms with Crippen molar-refractivity contribution in [3.63, 3.8) is 0 Å². The quantitative estimate of drug-likeness (QED) is 0.854. The van der Waals surface area contributed by atoms with Crippen LogP contribution in [0.1, 0.15) is 42.0 Å². The van der Waals surface area contributed by atoms with Crippen LogP contribution in [0, 0.1) is 0 Å². The number of benzene rings is 2. The third-order valence-corrected chi connectivity index (χ3v) is 4.84. The van der Waals surface area contributed by atoms with E-state index < -0.39 is 5.60 Å². The van der Waals surface area contributed by atoms with Crippen LogP contribution in [0.25, 0.3) is 0 Å². The monoisotopic (exact) mass is 330 g/mol. The molecule has 1 atom stereocenters. The number of halogens is 1. The van der Waals surface area contributed by atoms with Crippen molar-refractivity contribution in [3.8, 4) is 0 Å². The van der Waals surface area contributed by atoms with Crippen molar-refractivity contribution in [2.75, 3.05) is 0 Å². The molecule has 0 heterocycles. The van der Waals surface area contributed by atoms with Gasteiger partial charge in [-0.2, -0.15) is 0 Å². The third kappa shape index (κ3) is 2.32. The van der Waals surface area contributed by atoms with E-state index in [0.717, 1.165) is 41.3 Å². The Hall–Kier alpha value is -1.12. The number of hydrogen-bond acceptors (Lipinski definition) is 1. The maximum absolute atomic E-state index is 11.3. The van der Waals surface area contributed by atoms with Crippen LogP contribution in [0.2, 0.25) is 0 Å². The zero-order valence-electron chi connectivity index (χ0n) is 11.7. The van der Waals surface area contributed by atoms with Gasteiger partial charge in [-0.05, 0) is 60.1 Å². The Morgan fingerprint density at radius 2 is 1.90 bits per heavy atom.